The van der Waals surface area contributed by atoms with Crippen LogP contribution in [0.3, 0.4) is 0 Å². The highest BCUT2D eigenvalue weighted by atomic mass is 16.2. The van der Waals surface area contributed by atoms with E-state index >= 15 is 0 Å². The zero-order valence-electron chi connectivity index (χ0n) is 14.7. The Kier molecular flexibility index (Phi) is 6.12. The number of hydrogen-bond donors (Lipinski definition) is 2. The number of rotatable bonds is 6. The molecular formula is C18H25N5O. The predicted molar refractivity (Wildman–Crippen MR) is 97.0 cm³/mol. The first-order valence-electron chi connectivity index (χ1n) is 8.12. The van der Waals surface area contributed by atoms with Crippen LogP contribution in [0.5, 0.6) is 0 Å². The van der Waals surface area contributed by atoms with Crippen molar-refractivity contribution in [1.29, 1.82) is 0 Å². The van der Waals surface area contributed by atoms with E-state index in [9.17, 15) is 4.79 Å². The molecule has 24 heavy (non-hydrogen) atoms. The smallest absolute Gasteiger partial charge is 0.317 e. The number of nitrogens with one attached hydrogen (secondary N) is 2. The first-order valence-corrected chi connectivity index (χ1v) is 8.12. The number of carbonyl (C=O) groups excluding carboxylic acids is 1. The van der Waals surface area contributed by atoms with Crippen LogP contribution in [0.25, 0.3) is 11.1 Å². The van der Waals surface area contributed by atoms with Crippen LogP contribution < -0.4 is 10.6 Å². The molecular weight excluding hydrogens is 302 g/mol. The summed E-state index contributed by atoms with van der Waals surface area (Å²) in [5.41, 5.74) is 3.24. The summed E-state index contributed by atoms with van der Waals surface area (Å²) in [6.45, 7) is 4.82. The summed E-state index contributed by atoms with van der Waals surface area (Å²) in [6, 6.07) is 8.27. The fourth-order valence-corrected chi connectivity index (χ4v) is 2.30. The third kappa shape index (κ3) is 4.94. The van der Waals surface area contributed by atoms with E-state index in [1.165, 1.54) is 10.5 Å². The van der Waals surface area contributed by atoms with Crippen molar-refractivity contribution in [2.24, 2.45) is 0 Å². The molecule has 0 aliphatic carbocycles. The van der Waals surface area contributed by atoms with Gasteiger partial charge in [0.05, 0.1) is 0 Å². The largest absolute Gasteiger partial charge is 0.355 e. The summed E-state index contributed by atoms with van der Waals surface area (Å²) in [5, 5.41) is 6.03. The first kappa shape index (κ1) is 17.7. The van der Waals surface area contributed by atoms with Gasteiger partial charge in [0.15, 0.2) is 0 Å². The molecule has 1 aromatic carbocycles. The molecule has 1 atom stereocenters. The molecule has 1 heterocycles. The highest BCUT2D eigenvalue weighted by Gasteiger charge is 2.09. The van der Waals surface area contributed by atoms with Crippen molar-refractivity contribution in [2.45, 2.75) is 26.3 Å². The Labute approximate surface area is 143 Å². The van der Waals surface area contributed by atoms with Crippen molar-refractivity contribution < 1.29 is 4.79 Å². The van der Waals surface area contributed by atoms with Gasteiger partial charge in [-0.2, -0.15) is 0 Å². The molecule has 0 radical (unpaired) electrons. The number of anilines is 1. The normalized spacial score (nSPS) is 11.7. The molecule has 2 rings (SSSR count). The molecule has 2 amide bonds. The lowest BCUT2D eigenvalue weighted by Gasteiger charge is -2.18. The van der Waals surface area contributed by atoms with Crippen LogP contribution in [0.1, 0.15) is 19.4 Å². The van der Waals surface area contributed by atoms with Gasteiger partial charge in [-0.15, -0.1) is 0 Å². The monoisotopic (exact) mass is 327 g/mol. The first-order chi connectivity index (χ1) is 11.5. The van der Waals surface area contributed by atoms with Crippen molar-refractivity contribution in [3.8, 4) is 11.1 Å². The molecule has 0 saturated carbocycles. The lowest BCUT2D eigenvalue weighted by Crippen LogP contribution is -2.40. The maximum atomic E-state index is 11.7. The minimum absolute atomic E-state index is 0.0722. The number of carbonyl (C=O) groups is 1. The van der Waals surface area contributed by atoms with Crippen LogP contribution in [-0.2, 0) is 6.42 Å². The van der Waals surface area contributed by atoms with Crippen LogP contribution in [0.15, 0.2) is 36.7 Å². The lowest BCUT2D eigenvalue weighted by atomic mass is 10.0. The highest BCUT2D eigenvalue weighted by molar-refractivity contribution is 5.73. The second-order valence-electron chi connectivity index (χ2n) is 5.97. The third-order valence-corrected chi connectivity index (χ3v) is 3.59. The van der Waals surface area contributed by atoms with Gasteiger partial charge in [-0.1, -0.05) is 24.3 Å². The van der Waals surface area contributed by atoms with Gasteiger partial charge < -0.3 is 15.5 Å². The van der Waals surface area contributed by atoms with E-state index in [4.69, 9.17) is 0 Å². The summed E-state index contributed by atoms with van der Waals surface area (Å²) >= 11 is 0. The summed E-state index contributed by atoms with van der Waals surface area (Å²) in [7, 11) is 3.47. The average Bonchev–Trinajstić information content (AvgIpc) is 2.56. The van der Waals surface area contributed by atoms with E-state index in [1.807, 2.05) is 26.2 Å². The average molecular weight is 327 g/mol. The lowest BCUT2D eigenvalue weighted by molar-refractivity contribution is 0.214. The fraction of sp³-hybridized carbons (Fsp3) is 0.389. The Bertz CT molecular complexity index is 652. The molecule has 2 aromatic rings. The van der Waals surface area contributed by atoms with Crippen molar-refractivity contribution >= 4 is 12.0 Å². The minimum atomic E-state index is -0.0722. The fourth-order valence-electron chi connectivity index (χ4n) is 2.30. The van der Waals surface area contributed by atoms with Crippen LogP contribution in [0, 0.1) is 0 Å². The molecule has 1 aromatic heterocycles. The molecule has 0 aliphatic heterocycles. The topological polar surface area (TPSA) is 70.2 Å². The minimum Gasteiger partial charge on any atom is -0.355 e. The van der Waals surface area contributed by atoms with E-state index in [2.05, 4.69) is 44.9 Å². The molecule has 0 fully saturated rings. The van der Waals surface area contributed by atoms with E-state index in [0.717, 1.165) is 24.1 Å². The maximum absolute atomic E-state index is 11.7. The van der Waals surface area contributed by atoms with Crippen molar-refractivity contribution in [1.82, 2.24) is 20.2 Å². The molecule has 0 spiro atoms. The van der Waals surface area contributed by atoms with E-state index in [1.54, 1.807) is 14.1 Å². The number of aromatic nitrogens is 2. The Morgan fingerprint density at radius 2 is 1.75 bits per heavy atom. The van der Waals surface area contributed by atoms with Gasteiger partial charge in [-0.3, -0.25) is 0 Å². The molecule has 0 bridgehead atoms. The molecule has 2 N–H and O–H groups in total. The van der Waals surface area contributed by atoms with Crippen molar-refractivity contribution in [3.05, 3.63) is 42.2 Å². The van der Waals surface area contributed by atoms with Crippen LogP contribution in [-0.4, -0.2) is 47.6 Å². The summed E-state index contributed by atoms with van der Waals surface area (Å²) in [5.74, 6) is 0.642. The van der Waals surface area contributed by atoms with Gasteiger partial charge in [0.1, 0.15) is 0 Å². The Balaban J connectivity index is 1.98. The zero-order chi connectivity index (χ0) is 17.5. The van der Waals surface area contributed by atoms with Crippen molar-refractivity contribution in [3.63, 3.8) is 0 Å². The van der Waals surface area contributed by atoms with Gasteiger partial charge in [0, 0.05) is 44.6 Å². The van der Waals surface area contributed by atoms with E-state index < -0.39 is 0 Å². The molecule has 6 nitrogen and oxygen atoms in total. The number of hydrogen-bond acceptors (Lipinski definition) is 4. The number of benzene rings is 1. The maximum Gasteiger partial charge on any atom is 0.317 e. The molecule has 1 unspecified atom stereocenters. The Morgan fingerprint density at radius 3 is 2.29 bits per heavy atom. The summed E-state index contributed by atoms with van der Waals surface area (Å²) < 4.78 is 0. The molecule has 128 valence electrons. The van der Waals surface area contributed by atoms with Crippen molar-refractivity contribution in [2.75, 3.05) is 26.0 Å². The van der Waals surface area contributed by atoms with Gasteiger partial charge in [-0.25, -0.2) is 14.8 Å². The van der Waals surface area contributed by atoms with E-state index in [0.29, 0.717) is 5.95 Å². The second-order valence-corrected chi connectivity index (χ2v) is 5.97. The number of nitrogens with zero attached hydrogens (tertiary/aromatic N) is 3. The second kappa shape index (κ2) is 8.29. The Morgan fingerprint density at radius 1 is 1.12 bits per heavy atom. The molecule has 0 saturated heterocycles. The quantitative estimate of drug-likeness (QED) is 0.856. The third-order valence-electron chi connectivity index (χ3n) is 3.59. The van der Waals surface area contributed by atoms with Crippen LogP contribution in [0.4, 0.5) is 10.7 Å². The number of amides is 2. The van der Waals surface area contributed by atoms with Crippen LogP contribution in [0.2, 0.25) is 0 Å². The van der Waals surface area contributed by atoms with Crippen LogP contribution >= 0.6 is 0 Å². The number of urea groups is 1. The van der Waals surface area contributed by atoms with Gasteiger partial charge in [0.25, 0.3) is 0 Å². The Hall–Kier alpha value is -2.63. The predicted octanol–water partition coefficient (Wildman–Crippen LogP) is 2.78. The summed E-state index contributed by atoms with van der Waals surface area (Å²) in [4.78, 5) is 21.8. The van der Waals surface area contributed by atoms with E-state index in [-0.39, 0.29) is 12.1 Å². The SMILES string of the molecule is CCNc1ncc(-c2ccc(CC(C)NC(=O)N(C)C)cc2)cn1. The summed E-state index contributed by atoms with van der Waals surface area (Å²) in [6.07, 6.45) is 4.43. The van der Waals surface area contributed by atoms with Gasteiger partial charge >= 0.3 is 6.03 Å². The highest BCUT2D eigenvalue weighted by Crippen LogP contribution is 2.19. The van der Waals surface area contributed by atoms with Gasteiger partial charge in [-0.05, 0) is 31.4 Å². The standard InChI is InChI=1S/C18H25N5O/c1-5-19-17-20-11-16(12-21-17)15-8-6-14(7-9-15)10-13(2)22-18(24)23(3)4/h6-9,11-13H,5,10H2,1-4H3,(H,22,24)(H,19,20,21). The molecule has 6 heteroatoms. The van der Waals surface area contributed by atoms with Gasteiger partial charge in [0.2, 0.25) is 5.95 Å². The molecule has 0 aliphatic rings. The zero-order valence-corrected chi connectivity index (χ0v) is 14.7.